The second-order valence-electron chi connectivity index (χ2n) is 6.97. The predicted molar refractivity (Wildman–Crippen MR) is 118 cm³/mol. The van der Waals surface area contributed by atoms with Crippen LogP contribution in [0.5, 0.6) is 0 Å². The molecule has 2 aliphatic rings. The first kappa shape index (κ1) is 20.1. The Bertz CT molecular complexity index is 1030. The maximum atomic E-state index is 12.9. The number of amides is 1. The van der Waals surface area contributed by atoms with Crippen LogP contribution in [0.15, 0.2) is 39.7 Å². The number of halogens is 1. The Morgan fingerprint density at radius 3 is 2.72 bits per heavy atom. The van der Waals surface area contributed by atoms with Gasteiger partial charge in [0, 0.05) is 23.7 Å². The minimum Gasteiger partial charge on any atom is -0.457 e. The molecule has 9 heteroatoms. The van der Waals surface area contributed by atoms with E-state index in [0.29, 0.717) is 26.3 Å². The number of thioether (sulfide) groups is 1. The van der Waals surface area contributed by atoms with Gasteiger partial charge in [-0.2, -0.15) is 0 Å². The van der Waals surface area contributed by atoms with Crippen LogP contribution < -0.4 is 0 Å². The molecule has 0 atom stereocenters. The van der Waals surface area contributed by atoms with Gasteiger partial charge in [0.1, 0.15) is 20.9 Å². The zero-order valence-electron chi connectivity index (χ0n) is 15.3. The van der Waals surface area contributed by atoms with Gasteiger partial charge in [0.25, 0.3) is 11.6 Å². The van der Waals surface area contributed by atoms with Crippen LogP contribution in [0.25, 0.3) is 17.4 Å². The lowest BCUT2D eigenvalue weighted by Crippen LogP contribution is -2.39. The molecule has 2 fully saturated rings. The van der Waals surface area contributed by atoms with E-state index in [1.165, 1.54) is 30.3 Å². The summed E-state index contributed by atoms with van der Waals surface area (Å²) in [4.78, 5) is 25.7. The average molecular weight is 449 g/mol. The monoisotopic (exact) mass is 448 g/mol. The van der Waals surface area contributed by atoms with Gasteiger partial charge in [-0.3, -0.25) is 19.8 Å². The summed E-state index contributed by atoms with van der Waals surface area (Å²) in [6, 6.07) is 8.10. The minimum atomic E-state index is -0.535. The summed E-state index contributed by atoms with van der Waals surface area (Å²) in [5, 5.41) is 11.2. The van der Waals surface area contributed by atoms with Crippen LogP contribution in [-0.2, 0) is 4.79 Å². The van der Waals surface area contributed by atoms with E-state index in [1.54, 1.807) is 29.2 Å². The molecule has 1 saturated carbocycles. The SMILES string of the molecule is O=C1/C(=C\c2ccc(-c3ccc(Cl)c([N+](=O)[O-])c3)o2)SC(=S)N1C1CCCCC1. The Kier molecular flexibility index (Phi) is 5.76. The van der Waals surface area contributed by atoms with Gasteiger partial charge in [-0.15, -0.1) is 0 Å². The number of rotatable bonds is 4. The number of carbonyl (C=O) groups is 1. The molecule has 2 aromatic rings. The number of benzene rings is 1. The van der Waals surface area contributed by atoms with Crippen LogP contribution in [0.3, 0.4) is 0 Å². The lowest BCUT2D eigenvalue weighted by molar-refractivity contribution is -0.384. The minimum absolute atomic E-state index is 0.0666. The molecule has 0 bridgehead atoms. The van der Waals surface area contributed by atoms with Crippen molar-refractivity contribution in [2.45, 2.75) is 38.1 Å². The summed E-state index contributed by atoms with van der Waals surface area (Å²) in [5.41, 5.74) is 0.353. The zero-order chi connectivity index (χ0) is 20.5. The van der Waals surface area contributed by atoms with Crippen LogP contribution in [0.4, 0.5) is 5.69 Å². The van der Waals surface area contributed by atoms with E-state index in [9.17, 15) is 14.9 Å². The highest BCUT2D eigenvalue weighted by Gasteiger charge is 2.37. The number of nitrogens with zero attached hydrogens (tertiary/aromatic N) is 2. The van der Waals surface area contributed by atoms with Gasteiger partial charge >= 0.3 is 0 Å². The van der Waals surface area contributed by atoms with Crippen molar-refractivity contribution in [2.75, 3.05) is 0 Å². The van der Waals surface area contributed by atoms with Crippen molar-refractivity contribution in [1.29, 1.82) is 0 Å². The molecule has 1 aromatic carbocycles. The van der Waals surface area contributed by atoms with Gasteiger partial charge in [0.05, 0.1) is 9.83 Å². The number of nitro groups is 1. The van der Waals surface area contributed by atoms with E-state index in [-0.39, 0.29) is 22.7 Å². The third-order valence-electron chi connectivity index (χ3n) is 5.09. The van der Waals surface area contributed by atoms with Crippen molar-refractivity contribution in [2.24, 2.45) is 0 Å². The van der Waals surface area contributed by atoms with Gasteiger partial charge < -0.3 is 4.42 Å². The lowest BCUT2D eigenvalue weighted by Gasteiger charge is -2.29. The highest BCUT2D eigenvalue weighted by Crippen LogP contribution is 2.38. The van der Waals surface area contributed by atoms with E-state index in [1.807, 2.05) is 0 Å². The molecule has 1 aliphatic heterocycles. The highest BCUT2D eigenvalue weighted by atomic mass is 35.5. The first-order valence-electron chi connectivity index (χ1n) is 9.25. The Morgan fingerprint density at radius 1 is 1.24 bits per heavy atom. The molecule has 4 rings (SSSR count). The fraction of sp³-hybridized carbons (Fsp3) is 0.300. The van der Waals surface area contributed by atoms with E-state index in [0.717, 1.165) is 25.7 Å². The summed E-state index contributed by atoms with van der Waals surface area (Å²) in [6.45, 7) is 0. The van der Waals surface area contributed by atoms with Gasteiger partial charge in [0.2, 0.25) is 0 Å². The molecule has 1 amide bonds. The van der Waals surface area contributed by atoms with Crippen molar-refractivity contribution < 1.29 is 14.1 Å². The van der Waals surface area contributed by atoms with Gasteiger partial charge in [-0.25, -0.2) is 0 Å². The third-order valence-corrected chi connectivity index (χ3v) is 6.74. The number of hydrogen-bond donors (Lipinski definition) is 0. The Labute approximate surface area is 182 Å². The first-order chi connectivity index (χ1) is 13.9. The summed E-state index contributed by atoms with van der Waals surface area (Å²) < 4.78 is 6.39. The van der Waals surface area contributed by atoms with Crippen LogP contribution in [0, 0.1) is 10.1 Å². The largest absolute Gasteiger partial charge is 0.457 e. The molecule has 29 heavy (non-hydrogen) atoms. The molecule has 0 N–H and O–H groups in total. The van der Waals surface area contributed by atoms with Crippen LogP contribution >= 0.6 is 35.6 Å². The molecule has 0 unspecified atom stereocenters. The molecular weight excluding hydrogens is 432 g/mol. The number of nitro benzene ring substituents is 1. The van der Waals surface area contributed by atoms with Crippen LogP contribution in [0.2, 0.25) is 5.02 Å². The summed E-state index contributed by atoms with van der Waals surface area (Å²) in [7, 11) is 0. The number of furan rings is 1. The third kappa shape index (κ3) is 4.10. The van der Waals surface area contributed by atoms with Gasteiger partial charge in [-0.05, 0) is 37.1 Å². The van der Waals surface area contributed by atoms with Crippen molar-refractivity contribution in [3.63, 3.8) is 0 Å². The number of thiocarbonyl (C=S) groups is 1. The normalized spacial score (nSPS) is 19.3. The molecule has 0 spiro atoms. The van der Waals surface area contributed by atoms with E-state index >= 15 is 0 Å². The Balaban J connectivity index is 1.57. The van der Waals surface area contributed by atoms with Crippen LogP contribution in [0.1, 0.15) is 37.9 Å². The Hall–Kier alpha value is -2.16. The molecule has 2 heterocycles. The smallest absolute Gasteiger partial charge is 0.288 e. The second-order valence-corrected chi connectivity index (χ2v) is 9.05. The summed E-state index contributed by atoms with van der Waals surface area (Å²) in [5.74, 6) is 0.868. The topological polar surface area (TPSA) is 76.6 Å². The molecule has 6 nitrogen and oxygen atoms in total. The van der Waals surface area contributed by atoms with Crippen molar-refractivity contribution in [3.05, 3.63) is 56.1 Å². The van der Waals surface area contributed by atoms with Crippen molar-refractivity contribution in [3.8, 4) is 11.3 Å². The standard InChI is InChI=1S/C20H17ClN2O4S2/c21-15-8-6-12(10-16(15)23(25)26)17-9-7-14(27-17)11-18-19(24)22(20(28)29-18)13-4-2-1-3-5-13/h6-11,13H,1-5H2/b18-11+. The predicted octanol–water partition coefficient (Wildman–Crippen LogP) is 6.04. The van der Waals surface area contributed by atoms with E-state index in [4.69, 9.17) is 28.2 Å². The Morgan fingerprint density at radius 2 is 2.00 bits per heavy atom. The first-order valence-corrected chi connectivity index (χ1v) is 10.9. The van der Waals surface area contributed by atoms with E-state index < -0.39 is 4.92 Å². The second kappa shape index (κ2) is 8.30. The fourth-order valence-corrected chi connectivity index (χ4v) is 5.22. The average Bonchev–Trinajstić information content (AvgIpc) is 3.27. The quantitative estimate of drug-likeness (QED) is 0.245. The molecular formula is C20H17ClN2O4S2. The molecule has 1 saturated heterocycles. The summed E-state index contributed by atoms with van der Waals surface area (Å²) in [6.07, 6.45) is 7.10. The van der Waals surface area contributed by atoms with Crippen LogP contribution in [-0.4, -0.2) is 26.1 Å². The molecule has 0 radical (unpaired) electrons. The number of carbonyl (C=O) groups excluding carboxylic acids is 1. The number of hydrogen-bond acceptors (Lipinski definition) is 6. The van der Waals surface area contributed by atoms with Gasteiger partial charge in [-0.1, -0.05) is 54.8 Å². The molecule has 1 aliphatic carbocycles. The fourth-order valence-electron chi connectivity index (χ4n) is 3.65. The zero-order valence-corrected chi connectivity index (χ0v) is 17.7. The van der Waals surface area contributed by atoms with E-state index in [2.05, 4.69) is 0 Å². The summed E-state index contributed by atoms with van der Waals surface area (Å²) >= 11 is 12.6. The van der Waals surface area contributed by atoms with Crippen molar-refractivity contribution in [1.82, 2.24) is 4.90 Å². The molecule has 1 aromatic heterocycles. The lowest BCUT2D eigenvalue weighted by atomic mass is 9.94. The highest BCUT2D eigenvalue weighted by molar-refractivity contribution is 8.26. The maximum absolute atomic E-state index is 12.9. The van der Waals surface area contributed by atoms with Gasteiger partial charge in [0.15, 0.2) is 0 Å². The maximum Gasteiger partial charge on any atom is 0.288 e. The molecule has 150 valence electrons. The van der Waals surface area contributed by atoms with Crippen molar-refractivity contribution >= 4 is 57.6 Å².